The molecule has 5 heterocycles. The zero-order valence-electron chi connectivity index (χ0n) is 17.9. The first-order valence-electron chi connectivity index (χ1n) is 11.4. The molecule has 5 rings (SSSR count). The minimum Gasteiger partial charge on any atom is -0.325 e. The van der Waals surface area contributed by atoms with E-state index in [1.54, 1.807) is 17.5 Å². The predicted octanol–water partition coefficient (Wildman–Crippen LogP) is 4.79. The van der Waals surface area contributed by atoms with Gasteiger partial charge in [-0.15, -0.1) is 11.3 Å². The van der Waals surface area contributed by atoms with Crippen molar-refractivity contribution in [3.05, 3.63) is 53.7 Å². The van der Waals surface area contributed by atoms with Gasteiger partial charge in [0.05, 0.1) is 0 Å². The number of thiazole rings is 1. The molecule has 0 saturated carbocycles. The number of anilines is 2. The summed E-state index contributed by atoms with van der Waals surface area (Å²) < 4.78 is 0. The third kappa shape index (κ3) is 5.29. The second-order valence-electron chi connectivity index (χ2n) is 8.53. The van der Waals surface area contributed by atoms with Crippen molar-refractivity contribution in [1.82, 2.24) is 24.8 Å². The molecule has 2 fully saturated rings. The number of aromatic nitrogens is 3. The lowest BCUT2D eigenvalue weighted by Gasteiger charge is -2.40. The summed E-state index contributed by atoms with van der Waals surface area (Å²) in [5, 5.41) is 6.21. The van der Waals surface area contributed by atoms with Crippen molar-refractivity contribution in [2.45, 2.75) is 44.7 Å². The van der Waals surface area contributed by atoms with Gasteiger partial charge in [-0.1, -0.05) is 18.6 Å². The molecule has 0 bridgehead atoms. The first-order valence-corrected chi connectivity index (χ1v) is 12.3. The van der Waals surface area contributed by atoms with E-state index in [2.05, 4.69) is 36.1 Å². The summed E-state index contributed by atoms with van der Waals surface area (Å²) >= 11 is 1.59. The lowest BCUT2D eigenvalue weighted by molar-refractivity contribution is 0.0896. The maximum absolute atomic E-state index is 4.66. The van der Waals surface area contributed by atoms with E-state index < -0.39 is 0 Å². The molecule has 0 amide bonds. The summed E-state index contributed by atoms with van der Waals surface area (Å²) in [6.07, 6.45) is 10.6. The zero-order valence-corrected chi connectivity index (χ0v) is 18.7. The maximum Gasteiger partial charge on any atom is 0.141 e. The van der Waals surface area contributed by atoms with Crippen molar-refractivity contribution in [3.8, 4) is 10.7 Å². The molecule has 0 radical (unpaired) electrons. The molecule has 2 aliphatic heterocycles. The Kier molecular flexibility index (Phi) is 6.53. The van der Waals surface area contributed by atoms with Crippen molar-refractivity contribution in [1.29, 1.82) is 0 Å². The van der Waals surface area contributed by atoms with Crippen LogP contribution in [0.4, 0.5) is 11.6 Å². The van der Waals surface area contributed by atoms with Gasteiger partial charge in [0.1, 0.15) is 22.3 Å². The number of piperidine rings is 2. The minimum absolute atomic E-state index is 0.785. The number of likely N-dealkylation sites (tertiary alicyclic amines) is 2. The second kappa shape index (κ2) is 9.85. The first-order chi connectivity index (χ1) is 15.3. The molecule has 2 aliphatic rings. The summed E-state index contributed by atoms with van der Waals surface area (Å²) in [5.74, 6) is 1.60. The van der Waals surface area contributed by atoms with Crippen molar-refractivity contribution in [2.24, 2.45) is 0 Å². The van der Waals surface area contributed by atoms with Crippen LogP contribution in [0.2, 0.25) is 0 Å². The Morgan fingerprint density at radius 2 is 1.81 bits per heavy atom. The van der Waals surface area contributed by atoms with Gasteiger partial charge in [-0.2, -0.15) is 0 Å². The van der Waals surface area contributed by atoms with Gasteiger partial charge >= 0.3 is 0 Å². The van der Waals surface area contributed by atoms with Gasteiger partial charge in [0, 0.05) is 30.4 Å². The van der Waals surface area contributed by atoms with E-state index in [4.69, 9.17) is 0 Å². The third-order valence-electron chi connectivity index (χ3n) is 6.35. The molecular formula is C24H30N6S. The van der Waals surface area contributed by atoms with Crippen LogP contribution in [-0.2, 0) is 6.54 Å². The van der Waals surface area contributed by atoms with Crippen LogP contribution in [0.5, 0.6) is 0 Å². The Morgan fingerprint density at radius 3 is 2.55 bits per heavy atom. The summed E-state index contributed by atoms with van der Waals surface area (Å²) in [4.78, 5) is 18.9. The van der Waals surface area contributed by atoms with Gasteiger partial charge in [0.25, 0.3) is 0 Å². The minimum atomic E-state index is 0.785. The van der Waals surface area contributed by atoms with Crippen LogP contribution in [0.3, 0.4) is 0 Å². The Bertz CT molecular complexity index is 944. The van der Waals surface area contributed by atoms with E-state index in [1.165, 1.54) is 63.8 Å². The molecule has 31 heavy (non-hydrogen) atoms. The van der Waals surface area contributed by atoms with E-state index in [1.807, 2.05) is 35.8 Å². The fourth-order valence-corrected chi connectivity index (χ4v) is 5.29. The lowest BCUT2D eigenvalue weighted by Crippen LogP contribution is -2.46. The zero-order chi connectivity index (χ0) is 20.9. The van der Waals surface area contributed by atoms with Crippen LogP contribution < -0.4 is 5.32 Å². The van der Waals surface area contributed by atoms with Crippen molar-refractivity contribution in [3.63, 3.8) is 0 Å². The number of nitrogens with zero attached hydrogens (tertiary/aromatic N) is 5. The van der Waals surface area contributed by atoms with E-state index >= 15 is 0 Å². The van der Waals surface area contributed by atoms with E-state index in [9.17, 15) is 0 Å². The molecule has 0 unspecified atom stereocenters. The molecule has 6 nitrogen and oxygen atoms in total. The molecule has 0 spiro atoms. The van der Waals surface area contributed by atoms with Gasteiger partial charge in [0.15, 0.2) is 0 Å². The number of hydrogen-bond acceptors (Lipinski definition) is 7. The highest BCUT2D eigenvalue weighted by Crippen LogP contribution is 2.24. The molecule has 2 saturated heterocycles. The summed E-state index contributed by atoms with van der Waals surface area (Å²) in [6.45, 7) is 5.98. The maximum atomic E-state index is 4.66. The largest absolute Gasteiger partial charge is 0.325 e. The highest BCUT2D eigenvalue weighted by atomic mass is 32.1. The number of rotatable bonds is 6. The van der Waals surface area contributed by atoms with Crippen molar-refractivity contribution < 1.29 is 0 Å². The van der Waals surface area contributed by atoms with Crippen LogP contribution >= 0.6 is 11.3 Å². The van der Waals surface area contributed by atoms with E-state index in [0.717, 1.165) is 34.9 Å². The molecule has 0 aliphatic carbocycles. The quantitative estimate of drug-likeness (QED) is 0.602. The first kappa shape index (κ1) is 20.5. The molecule has 1 N–H and O–H groups in total. The Hall–Kier alpha value is -2.35. The van der Waals surface area contributed by atoms with Crippen LogP contribution in [0, 0.1) is 0 Å². The predicted molar refractivity (Wildman–Crippen MR) is 127 cm³/mol. The average Bonchev–Trinajstić information content (AvgIpc) is 3.37. The second-order valence-corrected chi connectivity index (χ2v) is 9.42. The fourth-order valence-electron chi connectivity index (χ4n) is 4.68. The topological polar surface area (TPSA) is 57.2 Å². The van der Waals surface area contributed by atoms with Crippen LogP contribution in [0.1, 0.15) is 37.7 Å². The van der Waals surface area contributed by atoms with Crippen LogP contribution in [0.25, 0.3) is 10.7 Å². The Morgan fingerprint density at radius 1 is 0.935 bits per heavy atom. The van der Waals surface area contributed by atoms with Gasteiger partial charge < -0.3 is 10.2 Å². The molecule has 0 atom stereocenters. The lowest BCUT2D eigenvalue weighted by atomic mass is 9.99. The summed E-state index contributed by atoms with van der Waals surface area (Å²) in [7, 11) is 0. The Labute approximate surface area is 188 Å². The van der Waals surface area contributed by atoms with Gasteiger partial charge in [0.2, 0.25) is 0 Å². The van der Waals surface area contributed by atoms with Crippen molar-refractivity contribution >= 4 is 23.0 Å². The van der Waals surface area contributed by atoms with Gasteiger partial charge in [-0.25, -0.2) is 15.0 Å². The van der Waals surface area contributed by atoms with Gasteiger partial charge in [-0.05, 0) is 75.6 Å². The standard InChI is InChI=1S/C24H30N6S/c1-2-12-30(13-3-1)20-9-14-29(15-10-20)18-19-7-8-22(26-17-19)28-23-6-4-5-21(27-23)24-25-11-16-31-24/h4-8,11,16-17,20H,1-3,9-10,12-15,18H2,(H,26,27,28). The van der Waals surface area contributed by atoms with Crippen molar-refractivity contribution in [2.75, 3.05) is 31.5 Å². The van der Waals surface area contributed by atoms with E-state index in [-0.39, 0.29) is 0 Å². The highest BCUT2D eigenvalue weighted by Gasteiger charge is 2.25. The fraction of sp³-hybridized carbons (Fsp3) is 0.458. The molecule has 3 aromatic rings. The number of pyridine rings is 2. The van der Waals surface area contributed by atoms with E-state index in [0.29, 0.717) is 0 Å². The molecule has 3 aromatic heterocycles. The number of nitrogens with one attached hydrogen (secondary N) is 1. The summed E-state index contributed by atoms with van der Waals surface area (Å²) in [5.41, 5.74) is 2.15. The monoisotopic (exact) mass is 434 g/mol. The van der Waals surface area contributed by atoms with Gasteiger partial charge in [-0.3, -0.25) is 4.90 Å². The molecule has 0 aromatic carbocycles. The normalized spacial score (nSPS) is 18.8. The average molecular weight is 435 g/mol. The van der Waals surface area contributed by atoms with Crippen LogP contribution in [0.15, 0.2) is 48.1 Å². The van der Waals surface area contributed by atoms with Crippen LogP contribution in [-0.4, -0.2) is 57.0 Å². The molecule has 7 heteroatoms. The smallest absolute Gasteiger partial charge is 0.141 e. The Balaban J connectivity index is 1.14. The third-order valence-corrected chi connectivity index (χ3v) is 7.15. The highest BCUT2D eigenvalue weighted by molar-refractivity contribution is 7.13. The number of hydrogen-bond donors (Lipinski definition) is 1. The molecular weight excluding hydrogens is 404 g/mol. The molecule has 162 valence electrons. The SMILES string of the molecule is c1cc(Nc2ccc(CN3CCC(N4CCCCC4)CC3)cn2)nc(-c2nccs2)c1. The summed E-state index contributed by atoms with van der Waals surface area (Å²) in [6, 6.07) is 11.0.